The summed E-state index contributed by atoms with van der Waals surface area (Å²) in [6.45, 7) is 5.79. The van der Waals surface area contributed by atoms with E-state index in [0.29, 0.717) is 18.4 Å². The smallest absolute Gasteiger partial charge is 0.416 e. The third kappa shape index (κ3) is 6.59. The van der Waals surface area contributed by atoms with Gasteiger partial charge in [0, 0.05) is 37.1 Å². The molecular weight excluding hydrogens is 549 g/mol. The van der Waals surface area contributed by atoms with Crippen LogP contribution in [0.15, 0.2) is 48.5 Å². The van der Waals surface area contributed by atoms with Crippen molar-refractivity contribution in [3.63, 3.8) is 0 Å². The van der Waals surface area contributed by atoms with Crippen LogP contribution >= 0.6 is 0 Å². The van der Waals surface area contributed by atoms with E-state index in [2.05, 4.69) is 5.32 Å². The molecule has 1 aliphatic carbocycles. The van der Waals surface area contributed by atoms with E-state index in [4.69, 9.17) is 9.47 Å². The molecule has 2 N–H and O–H groups in total. The number of carbonyl (C=O) groups is 2. The van der Waals surface area contributed by atoms with Gasteiger partial charge in [0.15, 0.2) is 0 Å². The van der Waals surface area contributed by atoms with Crippen molar-refractivity contribution in [1.82, 2.24) is 10.2 Å². The van der Waals surface area contributed by atoms with Crippen LogP contribution in [-0.4, -0.2) is 54.3 Å². The molecule has 0 radical (unpaired) electrons. The van der Waals surface area contributed by atoms with Gasteiger partial charge < -0.3 is 24.8 Å². The number of carboxylic acid groups (broad SMARTS) is 1. The average Bonchev–Trinajstić information content (AvgIpc) is 3.31. The van der Waals surface area contributed by atoms with E-state index in [9.17, 15) is 27.9 Å². The minimum Gasteiger partial charge on any atom is -0.496 e. The molecule has 0 aromatic heterocycles. The first-order chi connectivity index (χ1) is 19.8. The Bertz CT molecular complexity index is 1250. The molecule has 1 saturated carbocycles. The summed E-state index contributed by atoms with van der Waals surface area (Å²) in [7, 11) is 3.02. The summed E-state index contributed by atoms with van der Waals surface area (Å²) in [5, 5.41) is 14.1. The Morgan fingerprint density at radius 1 is 1.05 bits per heavy atom. The minimum atomic E-state index is -4.54. The first-order valence-electron chi connectivity index (χ1n) is 14.4. The zero-order valence-electron chi connectivity index (χ0n) is 24.8. The molecule has 42 heavy (non-hydrogen) atoms. The number of hydrogen-bond donors (Lipinski definition) is 2. The Morgan fingerprint density at radius 2 is 1.74 bits per heavy atom. The van der Waals surface area contributed by atoms with Crippen LogP contribution in [0.3, 0.4) is 0 Å². The van der Waals surface area contributed by atoms with Gasteiger partial charge in [-0.2, -0.15) is 13.2 Å². The van der Waals surface area contributed by atoms with Gasteiger partial charge in [0.25, 0.3) is 0 Å². The Labute approximate surface area is 245 Å². The maximum absolute atomic E-state index is 14.3. The van der Waals surface area contributed by atoms with Gasteiger partial charge in [-0.05, 0) is 48.4 Å². The standard InChI is InChI=1S/C32H41F3N2O5/c1-31(2,3)25-26(36-18-21-16-22(32(33,34)35)14-15-24(21)42-5)27(19-10-7-6-8-11-19)37(28(25)30(39)40)29(38)20-12-9-13-23(17-20)41-4/h6-8,10-11,14-16,20,23,25-28,36H,9,12-13,17-18H2,1-5H3,(H,39,40)/t20-,23-,25-,26-,27-,28-/m0/s1. The summed E-state index contributed by atoms with van der Waals surface area (Å²) in [6, 6.07) is 10.2. The van der Waals surface area contributed by atoms with Gasteiger partial charge >= 0.3 is 12.1 Å². The zero-order chi connectivity index (χ0) is 30.8. The summed E-state index contributed by atoms with van der Waals surface area (Å²) in [5.74, 6) is -2.01. The molecule has 7 nitrogen and oxygen atoms in total. The van der Waals surface area contributed by atoms with E-state index in [-0.39, 0.29) is 30.2 Å². The monoisotopic (exact) mass is 590 g/mol. The van der Waals surface area contributed by atoms with Crippen LogP contribution < -0.4 is 10.1 Å². The number of nitrogens with one attached hydrogen (secondary N) is 1. The first kappa shape index (κ1) is 31.8. The van der Waals surface area contributed by atoms with Gasteiger partial charge in [0.2, 0.25) is 5.91 Å². The van der Waals surface area contributed by atoms with Gasteiger partial charge in [-0.3, -0.25) is 4.79 Å². The molecule has 230 valence electrons. The minimum absolute atomic E-state index is 0.0166. The van der Waals surface area contributed by atoms with Gasteiger partial charge in [-0.25, -0.2) is 4.79 Å². The molecule has 1 saturated heterocycles. The molecule has 2 aromatic rings. The van der Waals surface area contributed by atoms with Crippen molar-refractivity contribution in [2.45, 2.75) is 83.4 Å². The van der Waals surface area contributed by atoms with Crippen molar-refractivity contribution < 1.29 is 37.3 Å². The Balaban J connectivity index is 1.81. The Kier molecular flexibility index (Phi) is 9.57. The second-order valence-electron chi connectivity index (χ2n) is 12.4. The van der Waals surface area contributed by atoms with E-state index in [1.807, 2.05) is 51.1 Å². The first-order valence-corrected chi connectivity index (χ1v) is 14.4. The molecule has 2 aromatic carbocycles. The quantitative estimate of drug-likeness (QED) is 0.388. The zero-order valence-corrected chi connectivity index (χ0v) is 24.8. The number of likely N-dealkylation sites (tertiary alicyclic amines) is 1. The summed E-state index contributed by atoms with van der Waals surface area (Å²) in [4.78, 5) is 28.9. The van der Waals surface area contributed by atoms with E-state index >= 15 is 0 Å². The fourth-order valence-electron chi connectivity index (χ4n) is 6.84. The van der Waals surface area contributed by atoms with Gasteiger partial charge in [0.1, 0.15) is 11.8 Å². The number of alkyl halides is 3. The third-order valence-corrected chi connectivity index (χ3v) is 8.76. The molecule has 2 fully saturated rings. The highest BCUT2D eigenvalue weighted by molar-refractivity contribution is 5.87. The number of rotatable bonds is 8. The van der Waals surface area contributed by atoms with Gasteiger partial charge in [0.05, 0.1) is 24.8 Å². The van der Waals surface area contributed by atoms with Crippen LogP contribution in [-0.2, 0) is 27.0 Å². The number of benzene rings is 2. The van der Waals surface area contributed by atoms with Crippen molar-refractivity contribution in [1.29, 1.82) is 0 Å². The normalized spacial score (nSPS) is 26.7. The number of carboxylic acids is 1. The lowest BCUT2D eigenvalue weighted by Gasteiger charge is -2.36. The number of halogens is 3. The highest BCUT2D eigenvalue weighted by Gasteiger charge is 2.58. The average molecular weight is 591 g/mol. The fraction of sp³-hybridized carbons (Fsp3) is 0.562. The lowest BCUT2D eigenvalue weighted by Crippen LogP contribution is -2.49. The van der Waals surface area contributed by atoms with E-state index in [1.165, 1.54) is 18.1 Å². The lowest BCUT2D eigenvalue weighted by molar-refractivity contribution is -0.155. The number of nitrogens with zero attached hydrogens (tertiary/aromatic N) is 1. The molecule has 2 aliphatic rings. The van der Waals surface area contributed by atoms with E-state index < -0.39 is 47.2 Å². The molecule has 4 rings (SSSR count). The summed E-state index contributed by atoms with van der Waals surface area (Å²) < 4.78 is 51.7. The summed E-state index contributed by atoms with van der Waals surface area (Å²) in [6.07, 6.45) is -1.81. The molecule has 6 atom stereocenters. The van der Waals surface area contributed by atoms with Gasteiger partial charge in [-0.1, -0.05) is 57.5 Å². The molecular formula is C32H41F3N2O5. The number of hydrogen-bond acceptors (Lipinski definition) is 5. The van der Waals surface area contributed by atoms with Crippen LogP contribution in [0.2, 0.25) is 0 Å². The number of methoxy groups -OCH3 is 2. The lowest BCUT2D eigenvalue weighted by atomic mass is 9.72. The molecule has 1 heterocycles. The third-order valence-electron chi connectivity index (χ3n) is 8.76. The maximum Gasteiger partial charge on any atom is 0.416 e. The largest absolute Gasteiger partial charge is 0.496 e. The highest BCUT2D eigenvalue weighted by Crippen LogP contribution is 2.49. The predicted molar refractivity (Wildman–Crippen MR) is 152 cm³/mol. The van der Waals surface area contributed by atoms with Crippen LogP contribution in [0, 0.1) is 17.3 Å². The van der Waals surface area contributed by atoms with Crippen molar-refractivity contribution >= 4 is 11.9 Å². The number of amides is 1. The molecule has 0 spiro atoms. The topological polar surface area (TPSA) is 88.1 Å². The van der Waals surface area contributed by atoms with Gasteiger partial charge in [-0.15, -0.1) is 0 Å². The molecule has 10 heteroatoms. The SMILES string of the molecule is COc1ccc(C(F)(F)F)cc1CN[C@H]1[C@H](C(C)(C)C)[C@@H](C(=O)O)N(C(=O)[C@H]2CCC[C@H](OC)C2)[C@H]1c1ccccc1. The van der Waals surface area contributed by atoms with Crippen LogP contribution in [0.1, 0.15) is 69.2 Å². The van der Waals surface area contributed by atoms with E-state index in [0.717, 1.165) is 30.5 Å². The maximum atomic E-state index is 14.3. The highest BCUT2D eigenvalue weighted by atomic mass is 19.4. The van der Waals surface area contributed by atoms with Crippen LogP contribution in [0.4, 0.5) is 13.2 Å². The Morgan fingerprint density at radius 3 is 2.31 bits per heavy atom. The summed E-state index contributed by atoms with van der Waals surface area (Å²) in [5.41, 5.74) is -0.332. The molecule has 0 unspecified atom stereocenters. The second kappa shape index (κ2) is 12.6. The number of carbonyl (C=O) groups excluding carboxylic acids is 1. The Hall–Kier alpha value is -3.11. The predicted octanol–water partition coefficient (Wildman–Crippen LogP) is 6.08. The van der Waals surface area contributed by atoms with Crippen molar-refractivity contribution in [2.75, 3.05) is 14.2 Å². The second-order valence-corrected chi connectivity index (χ2v) is 12.4. The van der Waals surface area contributed by atoms with Crippen LogP contribution in [0.5, 0.6) is 5.75 Å². The fourth-order valence-corrected chi connectivity index (χ4v) is 6.84. The van der Waals surface area contributed by atoms with Crippen molar-refractivity contribution in [3.8, 4) is 5.75 Å². The molecule has 1 amide bonds. The number of aliphatic carboxylic acids is 1. The molecule has 0 bridgehead atoms. The summed E-state index contributed by atoms with van der Waals surface area (Å²) >= 11 is 0. The van der Waals surface area contributed by atoms with Crippen molar-refractivity contribution in [3.05, 3.63) is 65.2 Å². The van der Waals surface area contributed by atoms with Crippen molar-refractivity contribution in [2.24, 2.45) is 17.3 Å². The number of ether oxygens (including phenoxy) is 2. The van der Waals surface area contributed by atoms with Crippen LogP contribution in [0.25, 0.3) is 0 Å². The van der Waals surface area contributed by atoms with E-state index in [1.54, 1.807) is 7.11 Å². The molecule has 1 aliphatic heterocycles.